The number of nitrogens with one attached hydrogen (secondary N) is 1. The molecule has 1 aliphatic rings. The number of ketones is 1. The van der Waals surface area contributed by atoms with Crippen molar-refractivity contribution >= 4 is 33.0 Å². The first-order valence-electron chi connectivity index (χ1n) is 9.13. The van der Waals surface area contributed by atoms with Gasteiger partial charge in [0.25, 0.3) is 5.56 Å². The monoisotopic (exact) mass is 466 g/mol. The molecule has 1 N–H and O–H groups in total. The number of carbonyl (C=O) groups excluding carboxylic acids is 1. The number of furan rings is 1. The summed E-state index contributed by atoms with van der Waals surface area (Å²) in [4.78, 5) is 33.1. The quantitative estimate of drug-likeness (QED) is 0.436. The summed E-state index contributed by atoms with van der Waals surface area (Å²) in [6, 6.07) is 13.2. The van der Waals surface area contributed by atoms with Gasteiger partial charge in [0.05, 0.1) is 17.5 Å². The van der Waals surface area contributed by atoms with E-state index in [4.69, 9.17) is 4.42 Å². The summed E-state index contributed by atoms with van der Waals surface area (Å²) < 4.78 is 6.45. The normalized spacial score (nSPS) is 16.0. The van der Waals surface area contributed by atoms with Crippen molar-refractivity contribution in [2.45, 2.75) is 18.8 Å². The van der Waals surface area contributed by atoms with Crippen molar-refractivity contribution in [1.29, 1.82) is 0 Å². The second-order valence-corrected chi connectivity index (χ2v) is 8.77. The highest BCUT2D eigenvalue weighted by atomic mass is 79.9. The SMILES string of the molecule is O=C1CC(c2ccco2)Cc2[nH]c(=O)c(-c3nc(-c4ccc(Br)cc4)cs3)cc21. The number of pyridine rings is 1. The van der Waals surface area contributed by atoms with Gasteiger partial charge in [-0.3, -0.25) is 9.59 Å². The molecule has 0 radical (unpaired) electrons. The Balaban J connectivity index is 1.50. The van der Waals surface area contributed by atoms with E-state index in [1.54, 1.807) is 12.3 Å². The van der Waals surface area contributed by atoms with Crippen LogP contribution in [0.1, 0.15) is 34.2 Å². The first-order valence-corrected chi connectivity index (χ1v) is 10.8. The van der Waals surface area contributed by atoms with Crippen LogP contribution in [0.3, 0.4) is 0 Å². The van der Waals surface area contributed by atoms with Crippen molar-refractivity contribution < 1.29 is 9.21 Å². The van der Waals surface area contributed by atoms with Crippen LogP contribution in [0.4, 0.5) is 0 Å². The number of benzene rings is 1. The third-order valence-electron chi connectivity index (χ3n) is 5.13. The predicted octanol–water partition coefficient (Wildman–Crippen LogP) is 5.43. The third kappa shape index (κ3) is 3.41. The Hall–Kier alpha value is -2.77. The Labute approximate surface area is 178 Å². The van der Waals surface area contributed by atoms with Crippen molar-refractivity contribution in [3.63, 3.8) is 0 Å². The molecule has 0 spiro atoms. The van der Waals surface area contributed by atoms with Crippen molar-refractivity contribution in [3.05, 3.63) is 86.0 Å². The topological polar surface area (TPSA) is 76.0 Å². The maximum atomic E-state index is 12.8. The van der Waals surface area contributed by atoms with Gasteiger partial charge in [-0.05, 0) is 36.8 Å². The van der Waals surface area contributed by atoms with Gasteiger partial charge in [0.2, 0.25) is 0 Å². The fourth-order valence-electron chi connectivity index (χ4n) is 3.67. The van der Waals surface area contributed by atoms with Crippen LogP contribution in [-0.2, 0) is 6.42 Å². The fourth-order valence-corrected chi connectivity index (χ4v) is 4.77. The smallest absolute Gasteiger partial charge is 0.258 e. The number of hydrogen-bond donors (Lipinski definition) is 1. The molecular formula is C22H15BrN2O3S. The lowest BCUT2D eigenvalue weighted by molar-refractivity contribution is 0.0959. The number of aromatic amines is 1. The molecule has 1 unspecified atom stereocenters. The lowest BCUT2D eigenvalue weighted by Crippen LogP contribution is -2.24. The summed E-state index contributed by atoms with van der Waals surface area (Å²) >= 11 is 4.82. The number of carbonyl (C=O) groups is 1. The summed E-state index contributed by atoms with van der Waals surface area (Å²) in [5, 5.41) is 2.53. The number of thiazole rings is 1. The zero-order chi connectivity index (χ0) is 20.0. The summed E-state index contributed by atoms with van der Waals surface area (Å²) in [6.07, 6.45) is 2.55. The van der Waals surface area contributed by atoms with E-state index < -0.39 is 0 Å². The molecule has 0 saturated carbocycles. The molecule has 7 heteroatoms. The molecule has 5 rings (SSSR count). The van der Waals surface area contributed by atoms with Crippen LogP contribution in [0.25, 0.3) is 21.8 Å². The standard InChI is InChI=1S/C22H15BrN2O3S/c23-14-5-3-12(4-6-14)18-11-29-22(25-18)16-10-15-17(24-21(16)27)8-13(9-19(15)26)20-2-1-7-28-20/h1-7,10-11,13H,8-9H2,(H,24,27). The van der Waals surface area contributed by atoms with Gasteiger partial charge in [0.15, 0.2) is 5.78 Å². The Kier molecular flexibility index (Phi) is 4.56. The van der Waals surface area contributed by atoms with Crippen LogP contribution < -0.4 is 5.56 Å². The molecule has 1 aromatic carbocycles. The van der Waals surface area contributed by atoms with Gasteiger partial charge >= 0.3 is 0 Å². The van der Waals surface area contributed by atoms with E-state index in [0.29, 0.717) is 34.7 Å². The second-order valence-electron chi connectivity index (χ2n) is 6.99. The summed E-state index contributed by atoms with van der Waals surface area (Å²) in [6.45, 7) is 0. The molecule has 0 bridgehead atoms. The highest BCUT2D eigenvalue weighted by Crippen LogP contribution is 2.34. The largest absolute Gasteiger partial charge is 0.469 e. The Bertz CT molecular complexity index is 1260. The van der Waals surface area contributed by atoms with Crippen LogP contribution in [0, 0.1) is 0 Å². The van der Waals surface area contributed by atoms with Crippen LogP contribution in [0.5, 0.6) is 0 Å². The number of H-pyrrole nitrogens is 1. The molecule has 1 aliphatic carbocycles. The first-order chi connectivity index (χ1) is 14.1. The molecule has 3 heterocycles. The Morgan fingerprint density at radius 1 is 1.10 bits per heavy atom. The summed E-state index contributed by atoms with van der Waals surface area (Å²) in [7, 11) is 0. The highest BCUT2D eigenvalue weighted by Gasteiger charge is 2.29. The van der Waals surface area contributed by atoms with E-state index >= 15 is 0 Å². The van der Waals surface area contributed by atoms with E-state index in [-0.39, 0.29) is 17.3 Å². The third-order valence-corrected chi connectivity index (χ3v) is 6.53. The Morgan fingerprint density at radius 3 is 2.69 bits per heavy atom. The molecule has 0 amide bonds. The molecule has 1 atom stereocenters. The number of Topliss-reactive ketones (excluding diaryl/α,β-unsaturated/α-hetero) is 1. The molecule has 144 valence electrons. The molecule has 0 fully saturated rings. The lowest BCUT2D eigenvalue weighted by atomic mass is 9.84. The van der Waals surface area contributed by atoms with Crippen molar-refractivity contribution in [3.8, 4) is 21.8 Å². The van der Waals surface area contributed by atoms with Gasteiger partial charge in [0.1, 0.15) is 10.8 Å². The minimum atomic E-state index is -0.228. The highest BCUT2D eigenvalue weighted by molar-refractivity contribution is 9.10. The number of nitrogens with zero attached hydrogens (tertiary/aromatic N) is 1. The van der Waals surface area contributed by atoms with Gasteiger partial charge in [0, 0.05) is 39.0 Å². The van der Waals surface area contributed by atoms with Gasteiger partial charge in [-0.15, -0.1) is 11.3 Å². The van der Waals surface area contributed by atoms with Crippen LogP contribution in [0.15, 0.2) is 67.8 Å². The molecular weight excluding hydrogens is 452 g/mol. The van der Waals surface area contributed by atoms with Gasteiger partial charge in [-0.25, -0.2) is 4.98 Å². The number of aromatic nitrogens is 2. The summed E-state index contributed by atoms with van der Waals surface area (Å²) in [5.41, 5.74) is 3.22. The van der Waals surface area contributed by atoms with E-state index in [9.17, 15) is 9.59 Å². The molecule has 0 saturated heterocycles. The minimum Gasteiger partial charge on any atom is -0.469 e. The number of rotatable bonds is 3. The average Bonchev–Trinajstić information content (AvgIpc) is 3.40. The maximum Gasteiger partial charge on any atom is 0.258 e. The minimum absolute atomic E-state index is 0.00911. The first kappa shape index (κ1) is 18.3. The zero-order valence-electron chi connectivity index (χ0n) is 15.1. The van der Waals surface area contributed by atoms with Crippen LogP contribution in [-0.4, -0.2) is 15.8 Å². The van der Waals surface area contributed by atoms with Crippen molar-refractivity contribution in [1.82, 2.24) is 9.97 Å². The molecule has 4 aromatic rings. The second kappa shape index (κ2) is 7.24. The lowest BCUT2D eigenvalue weighted by Gasteiger charge is -2.22. The molecule has 3 aromatic heterocycles. The Morgan fingerprint density at radius 2 is 1.93 bits per heavy atom. The molecule has 5 nitrogen and oxygen atoms in total. The van der Waals surface area contributed by atoms with E-state index in [1.807, 2.05) is 41.8 Å². The number of halogens is 1. The number of fused-ring (bicyclic) bond motifs is 1. The predicted molar refractivity (Wildman–Crippen MR) is 115 cm³/mol. The fraction of sp³-hybridized carbons (Fsp3) is 0.136. The van der Waals surface area contributed by atoms with Gasteiger partial charge < -0.3 is 9.40 Å². The van der Waals surface area contributed by atoms with E-state index in [0.717, 1.165) is 21.5 Å². The number of hydrogen-bond acceptors (Lipinski definition) is 5. The van der Waals surface area contributed by atoms with E-state index in [1.165, 1.54) is 11.3 Å². The summed E-state index contributed by atoms with van der Waals surface area (Å²) in [5.74, 6) is 0.734. The van der Waals surface area contributed by atoms with Crippen molar-refractivity contribution in [2.24, 2.45) is 0 Å². The van der Waals surface area contributed by atoms with Gasteiger partial charge in [-0.1, -0.05) is 28.1 Å². The molecule has 29 heavy (non-hydrogen) atoms. The van der Waals surface area contributed by atoms with Crippen molar-refractivity contribution in [2.75, 3.05) is 0 Å². The van der Waals surface area contributed by atoms with Crippen LogP contribution >= 0.6 is 27.3 Å². The van der Waals surface area contributed by atoms with Crippen LogP contribution in [0.2, 0.25) is 0 Å². The average molecular weight is 467 g/mol. The van der Waals surface area contributed by atoms with E-state index in [2.05, 4.69) is 25.9 Å². The van der Waals surface area contributed by atoms with Gasteiger partial charge in [-0.2, -0.15) is 0 Å². The molecule has 0 aliphatic heterocycles. The zero-order valence-corrected chi connectivity index (χ0v) is 17.5. The maximum absolute atomic E-state index is 12.8.